The topological polar surface area (TPSA) is 237 Å². The standard InChI is InChI=1S/C83H146O17P2/c1-5-9-13-17-21-25-29-33-36-37-38-39-42-46-50-54-58-62-66-70-83(88)100-79(74-94-81(86)68-64-60-56-52-48-45-41-35-31-27-23-19-15-11-7-3)76-98-102(91,92)96-72-77(84)71-95-101(89,90)97-75-78(99-82(87)69-65-61-57-53-49-43-32-28-24-20-16-12-8-4)73-93-80(85)67-63-59-55-51-47-44-40-34-30-26-22-18-14-10-6-2/h21,25,27-28,31-34,36,38-40,46,50,58,62,77-79,84H,5-20,22-24,26,29-30,35,37,41-45,47-49,51-57,59-61,63-76H2,1-4H3,(H,89,90)(H,91,92)/b25-21-,31-27-,32-28-,36-33-,39-38-,40-34-,50-46-,62-58-/t77-,78-,79-/m1/s1. The Morgan fingerprint density at radius 1 is 0.275 bits per heavy atom. The second-order valence-electron chi connectivity index (χ2n) is 27.0. The van der Waals surface area contributed by atoms with E-state index in [1.807, 2.05) is 18.2 Å². The average Bonchev–Trinajstić information content (AvgIpc) is 0.908. The lowest BCUT2D eigenvalue weighted by Crippen LogP contribution is -2.30. The number of carbonyl (C=O) groups is 4. The van der Waals surface area contributed by atoms with Crippen LogP contribution in [0.4, 0.5) is 0 Å². The quantitative estimate of drug-likeness (QED) is 0.0169. The highest BCUT2D eigenvalue weighted by molar-refractivity contribution is 7.47. The predicted molar refractivity (Wildman–Crippen MR) is 418 cm³/mol. The van der Waals surface area contributed by atoms with Gasteiger partial charge in [-0.05, 0) is 141 Å². The van der Waals surface area contributed by atoms with Crippen molar-refractivity contribution in [2.45, 2.75) is 367 Å². The molecule has 3 N–H and O–H groups in total. The van der Waals surface area contributed by atoms with Crippen LogP contribution in [-0.2, 0) is 65.4 Å². The van der Waals surface area contributed by atoms with Gasteiger partial charge in [0.2, 0.25) is 0 Å². The number of phosphoric ester groups is 2. The lowest BCUT2D eigenvalue weighted by molar-refractivity contribution is -0.161. The molecule has 102 heavy (non-hydrogen) atoms. The Bertz CT molecular complexity index is 2310. The summed E-state index contributed by atoms with van der Waals surface area (Å²) in [5.74, 6) is -2.28. The van der Waals surface area contributed by atoms with Gasteiger partial charge in [-0.3, -0.25) is 37.3 Å². The van der Waals surface area contributed by atoms with Gasteiger partial charge in [-0.25, -0.2) is 9.13 Å². The van der Waals surface area contributed by atoms with E-state index in [1.54, 1.807) is 0 Å². The van der Waals surface area contributed by atoms with E-state index in [4.69, 9.17) is 37.0 Å². The maximum Gasteiger partial charge on any atom is 0.472 e. The molecular formula is C83H146O17P2. The summed E-state index contributed by atoms with van der Waals surface area (Å²) in [6.07, 6.45) is 79.7. The molecule has 5 atom stereocenters. The number of hydrogen-bond acceptors (Lipinski definition) is 15. The van der Waals surface area contributed by atoms with E-state index < -0.39 is 97.5 Å². The van der Waals surface area contributed by atoms with Gasteiger partial charge in [0.1, 0.15) is 19.3 Å². The number of aliphatic hydroxyl groups is 1. The molecule has 17 nitrogen and oxygen atoms in total. The molecule has 0 aliphatic carbocycles. The normalized spacial score (nSPS) is 14.4. The Labute approximate surface area is 620 Å². The first-order valence-electron chi connectivity index (χ1n) is 40.5. The second-order valence-corrected chi connectivity index (χ2v) is 29.9. The number of rotatable bonds is 76. The number of phosphoric acid groups is 2. The summed E-state index contributed by atoms with van der Waals surface area (Å²) in [6, 6.07) is 0. The van der Waals surface area contributed by atoms with Crippen LogP contribution in [-0.4, -0.2) is 96.7 Å². The summed E-state index contributed by atoms with van der Waals surface area (Å²) in [5.41, 5.74) is 0. The highest BCUT2D eigenvalue weighted by atomic mass is 31.2. The molecule has 0 spiro atoms. The fourth-order valence-corrected chi connectivity index (χ4v) is 12.4. The Balaban J connectivity index is 5.42. The van der Waals surface area contributed by atoms with Crippen molar-refractivity contribution < 1.29 is 80.2 Å². The van der Waals surface area contributed by atoms with Gasteiger partial charge in [-0.2, -0.15) is 0 Å². The van der Waals surface area contributed by atoms with Gasteiger partial charge in [-0.1, -0.05) is 279 Å². The van der Waals surface area contributed by atoms with Crippen molar-refractivity contribution in [3.8, 4) is 0 Å². The van der Waals surface area contributed by atoms with E-state index in [1.165, 1.54) is 122 Å². The van der Waals surface area contributed by atoms with Crippen molar-refractivity contribution in [1.29, 1.82) is 0 Å². The summed E-state index contributed by atoms with van der Waals surface area (Å²) in [6.45, 7) is 4.75. The van der Waals surface area contributed by atoms with Crippen LogP contribution in [0.3, 0.4) is 0 Å². The Kier molecular flexibility index (Phi) is 72.3. The maximum absolute atomic E-state index is 13.1. The zero-order chi connectivity index (χ0) is 74.6. The molecule has 0 aromatic carbocycles. The monoisotopic (exact) mass is 1480 g/mol. The summed E-state index contributed by atoms with van der Waals surface area (Å²) in [7, 11) is -9.98. The Morgan fingerprint density at radius 3 is 0.833 bits per heavy atom. The second kappa shape index (κ2) is 75.2. The number of allylic oxidation sites excluding steroid dienone is 16. The Hall–Kier alpha value is -4.02. The third-order valence-corrected chi connectivity index (χ3v) is 18.9. The lowest BCUT2D eigenvalue weighted by atomic mass is 10.1. The van der Waals surface area contributed by atoms with Crippen LogP contribution >= 0.6 is 15.6 Å². The van der Waals surface area contributed by atoms with Crippen LogP contribution in [0.5, 0.6) is 0 Å². The molecule has 0 saturated carbocycles. The fraction of sp³-hybridized carbons (Fsp3) is 0.759. The zero-order valence-electron chi connectivity index (χ0n) is 64.5. The van der Waals surface area contributed by atoms with Gasteiger partial charge in [-0.15, -0.1) is 0 Å². The van der Waals surface area contributed by atoms with Crippen LogP contribution in [0.1, 0.15) is 349 Å². The molecule has 590 valence electrons. The van der Waals surface area contributed by atoms with Crippen LogP contribution in [0, 0.1) is 0 Å². The largest absolute Gasteiger partial charge is 0.472 e. The molecule has 0 aliphatic rings. The molecule has 0 aliphatic heterocycles. The fourth-order valence-electron chi connectivity index (χ4n) is 10.8. The van der Waals surface area contributed by atoms with Crippen LogP contribution in [0.25, 0.3) is 0 Å². The van der Waals surface area contributed by atoms with E-state index >= 15 is 0 Å². The van der Waals surface area contributed by atoms with Crippen molar-refractivity contribution in [2.24, 2.45) is 0 Å². The molecule has 0 saturated heterocycles. The minimum atomic E-state index is -5.00. The average molecular weight is 1480 g/mol. The van der Waals surface area contributed by atoms with Crippen molar-refractivity contribution in [3.05, 3.63) is 97.2 Å². The first-order valence-corrected chi connectivity index (χ1v) is 43.5. The molecular weight excluding hydrogens is 1330 g/mol. The van der Waals surface area contributed by atoms with Crippen LogP contribution in [0.15, 0.2) is 97.2 Å². The van der Waals surface area contributed by atoms with Gasteiger partial charge in [0.25, 0.3) is 0 Å². The summed E-state index contributed by atoms with van der Waals surface area (Å²) < 4.78 is 68.5. The summed E-state index contributed by atoms with van der Waals surface area (Å²) >= 11 is 0. The minimum Gasteiger partial charge on any atom is -0.462 e. The molecule has 0 radical (unpaired) electrons. The smallest absolute Gasteiger partial charge is 0.462 e. The van der Waals surface area contributed by atoms with Crippen molar-refractivity contribution >= 4 is 39.5 Å². The number of unbranched alkanes of at least 4 members (excludes halogenated alkanes) is 34. The molecule has 0 aromatic rings. The zero-order valence-corrected chi connectivity index (χ0v) is 66.3. The summed E-state index contributed by atoms with van der Waals surface area (Å²) in [4.78, 5) is 73.0. The van der Waals surface area contributed by atoms with E-state index in [0.29, 0.717) is 32.1 Å². The molecule has 0 aromatic heterocycles. The number of esters is 4. The summed E-state index contributed by atoms with van der Waals surface area (Å²) in [5, 5.41) is 10.6. The van der Waals surface area contributed by atoms with E-state index in [9.17, 15) is 43.2 Å². The lowest BCUT2D eigenvalue weighted by Gasteiger charge is -2.21. The molecule has 0 rings (SSSR count). The SMILES string of the molecule is CCCCC/C=C\C/C=C\C/C=C\C/C=C\C/C=C\CCC(=O)O[C@H](COC(=O)CCCCCCCCC/C=C\CCCCCC)COP(=O)(O)OC[C@H](O)COP(=O)(O)OC[C@@H](COC(=O)CCCCCCC/C=C\CCCCCCCC)OC(=O)CCCCCCC/C=C\CCCCCC. The predicted octanol–water partition coefficient (Wildman–Crippen LogP) is 23.6. The highest BCUT2D eigenvalue weighted by Gasteiger charge is 2.30. The van der Waals surface area contributed by atoms with E-state index in [0.717, 1.165) is 141 Å². The third kappa shape index (κ3) is 74.3. The Morgan fingerprint density at radius 2 is 0.500 bits per heavy atom. The van der Waals surface area contributed by atoms with Gasteiger partial charge < -0.3 is 33.8 Å². The number of ether oxygens (including phenoxy) is 4. The molecule has 0 bridgehead atoms. The van der Waals surface area contributed by atoms with E-state index in [2.05, 4.69) is 107 Å². The first kappa shape index (κ1) is 98.0. The minimum absolute atomic E-state index is 0.0288. The van der Waals surface area contributed by atoms with Crippen molar-refractivity contribution in [1.82, 2.24) is 0 Å². The molecule has 0 amide bonds. The highest BCUT2D eigenvalue weighted by Crippen LogP contribution is 2.45. The van der Waals surface area contributed by atoms with Gasteiger partial charge in [0.05, 0.1) is 26.4 Å². The van der Waals surface area contributed by atoms with Crippen molar-refractivity contribution in [3.63, 3.8) is 0 Å². The molecule has 0 fully saturated rings. The van der Waals surface area contributed by atoms with Crippen LogP contribution in [0.2, 0.25) is 0 Å². The van der Waals surface area contributed by atoms with E-state index in [-0.39, 0.29) is 25.7 Å². The number of hydrogen-bond donors (Lipinski definition) is 3. The van der Waals surface area contributed by atoms with Gasteiger partial charge in [0, 0.05) is 25.7 Å². The third-order valence-electron chi connectivity index (χ3n) is 17.0. The molecule has 0 heterocycles. The van der Waals surface area contributed by atoms with Crippen LogP contribution < -0.4 is 0 Å². The van der Waals surface area contributed by atoms with Gasteiger partial charge in [0.15, 0.2) is 12.2 Å². The first-order chi connectivity index (χ1) is 49.7. The number of aliphatic hydroxyl groups excluding tert-OH is 1. The maximum atomic E-state index is 13.1. The molecule has 19 heteroatoms. The molecule has 2 unspecified atom stereocenters. The van der Waals surface area contributed by atoms with Crippen molar-refractivity contribution in [2.75, 3.05) is 39.6 Å². The number of carbonyl (C=O) groups excluding carboxylic acids is 4. The van der Waals surface area contributed by atoms with Gasteiger partial charge >= 0.3 is 39.5 Å².